The summed E-state index contributed by atoms with van der Waals surface area (Å²) in [4.78, 5) is 9.02. The largest absolute Gasteiger partial charge is 0.340 e. The molecule has 2 heterocycles. The maximum atomic E-state index is 13.9. The molecule has 168 valence electrons. The van der Waals surface area contributed by atoms with Crippen molar-refractivity contribution in [2.45, 2.75) is 21.1 Å². The van der Waals surface area contributed by atoms with Crippen LogP contribution in [0, 0.1) is 5.82 Å². The molecule has 1 saturated heterocycles. The third-order valence-corrected chi connectivity index (χ3v) is 8.81. The van der Waals surface area contributed by atoms with E-state index in [1.807, 2.05) is 6.07 Å². The van der Waals surface area contributed by atoms with Gasteiger partial charge in [0, 0.05) is 56.6 Å². The lowest BCUT2D eigenvalue weighted by atomic mass is 10.2. The van der Waals surface area contributed by atoms with Crippen LogP contribution in [0.15, 0.2) is 51.1 Å². The number of likely N-dealkylation sites (N-methyl/N-ethyl adjacent to an activating group) is 1. The molecule has 1 fully saturated rings. The summed E-state index contributed by atoms with van der Waals surface area (Å²) in [6.45, 7) is 6.02. The fourth-order valence-corrected chi connectivity index (χ4v) is 5.99. The SMILES string of the molecule is CN1CCN(CCCN2c3ccc(F)cc3Sc3ccc(S(=O)(=O)N(C)C)cc32)CC1. The van der Waals surface area contributed by atoms with Gasteiger partial charge < -0.3 is 14.7 Å². The number of benzene rings is 2. The van der Waals surface area contributed by atoms with Crippen molar-refractivity contribution in [3.63, 3.8) is 0 Å². The Morgan fingerprint density at radius 1 is 0.968 bits per heavy atom. The zero-order valence-corrected chi connectivity index (χ0v) is 19.8. The van der Waals surface area contributed by atoms with Gasteiger partial charge in [0.25, 0.3) is 0 Å². The fourth-order valence-electron chi connectivity index (χ4n) is 3.97. The van der Waals surface area contributed by atoms with E-state index < -0.39 is 10.0 Å². The van der Waals surface area contributed by atoms with E-state index in [9.17, 15) is 12.8 Å². The monoisotopic (exact) mass is 464 g/mol. The van der Waals surface area contributed by atoms with E-state index >= 15 is 0 Å². The molecule has 2 aromatic rings. The van der Waals surface area contributed by atoms with Gasteiger partial charge in [-0.2, -0.15) is 0 Å². The molecule has 0 aromatic heterocycles. The summed E-state index contributed by atoms with van der Waals surface area (Å²) in [7, 11) is 1.69. The molecule has 0 saturated carbocycles. The van der Waals surface area contributed by atoms with Gasteiger partial charge in [0.15, 0.2) is 0 Å². The van der Waals surface area contributed by atoms with Crippen molar-refractivity contribution in [2.75, 3.05) is 65.3 Å². The second kappa shape index (κ2) is 9.07. The molecule has 4 rings (SSSR count). The van der Waals surface area contributed by atoms with Crippen LogP contribution in [0.3, 0.4) is 0 Å². The number of halogens is 1. The van der Waals surface area contributed by atoms with E-state index in [0.717, 1.165) is 66.9 Å². The Morgan fingerprint density at radius 2 is 1.71 bits per heavy atom. The third kappa shape index (κ3) is 4.75. The highest BCUT2D eigenvalue weighted by Crippen LogP contribution is 2.49. The molecule has 0 unspecified atom stereocenters. The van der Waals surface area contributed by atoms with Crippen molar-refractivity contribution in [3.8, 4) is 0 Å². The highest BCUT2D eigenvalue weighted by Gasteiger charge is 2.27. The first kappa shape index (κ1) is 22.5. The summed E-state index contributed by atoms with van der Waals surface area (Å²) in [5, 5.41) is 0. The van der Waals surface area contributed by atoms with Crippen molar-refractivity contribution in [2.24, 2.45) is 0 Å². The maximum absolute atomic E-state index is 13.9. The van der Waals surface area contributed by atoms with E-state index in [1.54, 1.807) is 24.3 Å². The standard InChI is InChI=1S/C22H29FN4O2S2/c1-24(2)31(28,29)18-6-8-21-20(16-18)27(19-7-5-17(23)15-22(19)30-21)10-4-9-26-13-11-25(3)12-14-26/h5-8,15-16H,4,9-14H2,1-3H3. The lowest BCUT2D eigenvalue weighted by Gasteiger charge is -2.35. The smallest absolute Gasteiger partial charge is 0.242 e. The first-order valence-corrected chi connectivity index (χ1v) is 12.7. The van der Waals surface area contributed by atoms with Gasteiger partial charge in [0.1, 0.15) is 5.82 Å². The molecule has 2 aromatic carbocycles. The van der Waals surface area contributed by atoms with Gasteiger partial charge in [0.05, 0.1) is 16.3 Å². The first-order valence-electron chi connectivity index (χ1n) is 10.5. The van der Waals surface area contributed by atoms with Crippen molar-refractivity contribution in [1.82, 2.24) is 14.1 Å². The van der Waals surface area contributed by atoms with E-state index in [4.69, 9.17) is 0 Å². The molecule has 0 aliphatic carbocycles. The van der Waals surface area contributed by atoms with Crippen LogP contribution in [0.2, 0.25) is 0 Å². The number of sulfonamides is 1. The van der Waals surface area contributed by atoms with Crippen molar-refractivity contribution >= 4 is 33.2 Å². The number of hydrogen-bond donors (Lipinski definition) is 0. The fraction of sp³-hybridized carbons (Fsp3) is 0.455. The summed E-state index contributed by atoms with van der Waals surface area (Å²) in [6, 6.07) is 10.0. The Labute approximate surface area is 188 Å². The quantitative estimate of drug-likeness (QED) is 0.654. The lowest BCUT2D eigenvalue weighted by Crippen LogP contribution is -2.45. The molecular formula is C22H29FN4O2S2. The van der Waals surface area contributed by atoms with Crippen LogP contribution in [-0.2, 0) is 10.0 Å². The summed E-state index contributed by atoms with van der Waals surface area (Å²) in [5.74, 6) is -0.265. The number of anilines is 2. The van der Waals surface area contributed by atoms with Crippen LogP contribution in [0.1, 0.15) is 6.42 Å². The number of piperazine rings is 1. The maximum Gasteiger partial charge on any atom is 0.242 e. The van der Waals surface area contributed by atoms with Gasteiger partial charge in [-0.15, -0.1) is 0 Å². The zero-order chi connectivity index (χ0) is 22.2. The van der Waals surface area contributed by atoms with E-state index in [1.165, 1.54) is 36.2 Å². The van der Waals surface area contributed by atoms with Crippen molar-refractivity contribution in [1.29, 1.82) is 0 Å². The number of fused-ring (bicyclic) bond motifs is 2. The van der Waals surface area contributed by atoms with Crippen LogP contribution >= 0.6 is 11.8 Å². The Kier molecular flexibility index (Phi) is 6.60. The van der Waals surface area contributed by atoms with E-state index in [-0.39, 0.29) is 10.7 Å². The predicted molar refractivity (Wildman–Crippen MR) is 123 cm³/mol. The van der Waals surface area contributed by atoms with Crippen molar-refractivity contribution in [3.05, 3.63) is 42.2 Å². The lowest BCUT2D eigenvalue weighted by molar-refractivity contribution is 0.153. The van der Waals surface area contributed by atoms with Crippen LogP contribution in [0.5, 0.6) is 0 Å². The highest BCUT2D eigenvalue weighted by atomic mass is 32.2. The minimum Gasteiger partial charge on any atom is -0.340 e. The first-order chi connectivity index (χ1) is 14.8. The molecular weight excluding hydrogens is 435 g/mol. The number of hydrogen-bond acceptors (Lipinski definition) is 6. The molecule has 0 N–H and O–H groups in total. The summed E-state index contributed by atoms with van der Waals surface area (Å²) < 4.78 is 40.5. The molecule has 0 radical (unpaired) electrons. The Morgan fingerprint density at radius 3 is 2.42 bits per heavy atom. The Bertz CT molecular complexity index is 1050. The van der Waals surface area contributed by atoms with Gasteiger partial charge >= 0.3 is 0 Å². The summed E-state index contributed by atoms with van der Waals surface area (Å²) in [6.07, 6.45) is 0.940. The number of rotatable bonds is 6. The predicted octanol–water partition coefficient (Wildman–Crippen LogP) is 3.32. The molecule has 0 bridgehead atoms. The molecule has 31 heavy (non-hydrogen) atoms. The molecule has 0 amide bonds. The van der Waals surface area contributed by atoms with Crippen molar-refractivity contribution < 1.29 is 12.8 Å². The molecule has 2 aliphatic rings. The zero-order valence-electron chi connectivity index (χ0n) is 18.2. The van der Waals surface area contributed by atoms with E-state index in [2.05, 4.69) is 21.7 Å². The minimum atomic E-state index is -3.54. The minimum absolute atomic E-state index is 0.265. The normalized spacial score (nSPS) is 17.6. The molecule has 2 aliphatic heterocycles. The topological polar surface area (TPSA) is 47.1 Å². The van der Waals surface area contributed by atoms with Crippen LogP contribution in [0.4, 0.5) is 15.8 Å². The van der Waals surface area contributed by atoms with Gasteiger partial charge in [-0.25, -0.2) is 17.1 Å². The van der Waals surface area contributed by atoms with Crippen LogP contribution < -0.4 is 4.90 Å². The average Bonchev–Trinajstić information content (AvgIpc) is 2.74. The number of nitrogens with zero attached hydrogens (tertiary/aromatic N) is 4. The Balaban J connectivity index is 1.61. The average molecular weight is 465 g/mol. The van der Waals surface area contributed by atoms with E-state index in [0.29, 0.717) is 0 Å². The molecule has 0 atom stereocenters. The van der Waals surface area contributed by atoms with Gasteiger partial charge in [-0.05, 0) is 56.4 Å². The van der Waals surface area contributed by atoms with Gasteiger partial charge in [0.2, 0.25) is 10.0 Å². The van der Waals surface area contributed by atoms with Crippen LogP contribution in [-0.4, -0.2) is 82.9 Å². The highest BCUT2D eigenvalue weighted by molar-refractivity contribution is 7.99. The van der Waals surface area contributed by atoms with Gasteiger partial charge in [-0.3, -0.25) is 0 Å². The third-order valence-electron chi connectivity index (χ3n) is 5.88. The molecule has 0 spiro atoms. The summed E-state index contributed by atoms with van der Waals surface area (Å²) >= 11 is 1.48. The summed E-state index contributed by atoms with van der Waals surface area (Å²) in [5.41, 5.74) is 1.79. The van der Waals surface area contributed by atoms with Gasteiger partial charge in [-0.1, -0.05) is 11.8 Å². The van der Waals surface area contributed by atoms with Crippen LogP contribution in [0.25, 0.3) is 0 Å². The Hall–Kier alpha value is -1.65. The second-order valence-electron chi connectivity index (χ2n) is 8.28. The second-order valence-corrected chi connectivity index (χ2v) is 11.5. The molecule has 6 nitrogen and oxygen atoms in total. The molecule has 9 heteroatoms.